The van der Waals surface area contributed by atoms with Crippen LogP contribution in [0.3, 0.4) is 0 Å². The zero-order valence-electron chi connectivity index (χ0n) is 26.3. The first kappa shape index (κ1) is 39.9. The van der Waals surface area contributed by atoms with Gasteiger partial charge in [0.1, 0.15) is 6.10 Å². The third-order valence-electron chi connectivity index (χ3n) is 4.67. The number of hydrogen-bond donors (Lipinski definition) is 1. The molecule has 2 rings (SSSR count). The maximum atomic E-state index is 10.3. The van der Waals surface area contributed by atoms with Crippen LogP contribution in [0.5, 0.6) is 0 Å². The van der Waals surface area contributed by atoms with Crippen LogP contribution in [0.2, 0.25) is 0 Å². The van der Waals surface area contributed by atoms with E-state index >= 15 is 0 Å². The lowest BCUT2D eigenvalue weighted by Crippen LogP contribution is -2.33. The highest BCUT2D eigenvalue weighted by Gasteiger charge is 2.42. The Hall–Kier alpha value is -9.17. The molecule has 2 aliphatic rings. The predicted octanol–water partition coefficient (Wildman–Crippen LogP) is 1.14. The molecule has 0 aromatic heterocycles. The van der Waals surface area contributed by atoms with Crippen molar-refractivity contribution in [2.45, 2.75) is 25.2 Å². The molecule has 3 unspecified atom stereocenters. The van der Waals surface area contributed by atoms with Crippen molar-refractivity contribution in [3.05, 3.63) is 0 Å². The highest BCUT2D eigenvalue weighted by Crippen LogP contribution is 2.32. The van der Waals surface area contributed by atoms with E-state index in [2.05, 4.69) is 213 Å². The van der Waals surface area contributed by atoms with E-state index in [-0.39, 0.29) is 18.3 Å². The first-order valence-electron chi connectivity index (χ1n) is 13.7. The molecule has 1 N–H and O–H groups in total. The molecule has 0 aromatic rings. The van der Waals surface area contributed by atoms with Crippen LogP contribution in [0.1, 0.15) is 12.8 Å². The van der Waals surface area contributed by atoms with Crippen molar-refractivity contribution in [2.24, 2.45) is 5.92 Å². The fraction of sp³-hybridized carbons (Fsp3) is 0.152. The molecule has 0 spiro atoms. The summed E-state index contributed by atoms with van der Waals surface area (Å²) in [7, 11) is 0. The third kappa shape index (κ3) is 24.8. The Labute approximate surface area is 299 Å². The molecule has 5 nitrogen and oxygen atoms in total. The van der Waals surface area contributed by atoms with Crippen molar-refractivity contribution < 1.29 is 24.1 Å². The lowest BCUT2D eigenvalue weighted by Gasteiger charge is -2.26. The maximum absolute atomic E-state index is 10.3. The summed E-state index contributed by atoms with van der Waals surface area (Å²) in [6.07, 6.45) is 9.89. The quantitative estimate of drug-likeness (QED) is 0.343. The summed E-state index contributed by atoms with van der Waals surface area (Å²) in [6, 6.07) is 0. The molecule has 51 heavy (non-hydrogen) atoms. The molecule has 2 heterocycles. The van der Waals surface area contributed by atoms with Gasteiger partial charge in [0.2, 0.25) is 0 Å². The van der Waals surface area contributed by atoms with Crippen molar-refractivity contribution in [3.63, 3.8) is 0 Å². The Morgan fingerprint density at radius 2 is 0.745 bits per heavy atom. The van der Waals surface area contributed by atoms with E-state index in [1.807, 2.05) is 0 Å². The van der Waals surface area contributed by atoms with Gasteiger partial charge in [-0.15, -0.1) is 12.8 Å². The molecule has 228 valence electrons. The van der Waals surface area contributed by atoms with Gasteiger partial charge in [-0.3, -0.25) is 0 Å². The number of ether oxygens (including phenoxy) is 3. The van der Waals surface area contributed by atoms with Gasteiger partial charge in [0.15, 0.2) is 6.29 Å². The zero-order chi connectivity index (χ0) is 36.7. The molecule has 2 saturated heterocycles. The van der Waals surface area contributed by atoms with Gasteiger partial charge in [-0.25, -0.2) is 4.79 Å². The van der Waals surface area contributed by atoms with Gasteiger partial charge in [-0.1, -0.05) is 0 Å². The van der Waals surface area contributed by atoms with Crippen LogP contribution >= 0.6 is 0 Å². The minimum absolute atomic E-state index is 0.0878. The molecule has 0 bridgehead atoms. The topological polar surface area (TPSA) is 65.0 Å². The van der Waals surface area contributed by atoms with Crippen LogP contribution in [-0.2, 0) is 14.2 Å². The van der Waals surface area contributed by atoms with E-state index in [4.69, 9.17) is 32.2 Å². The Bertz CT molecular complexity index is 2420. The predicted molar refractivity (Wildman–Crippen MR) is 191 cm³/mol. The van der Waals surface area contributed by atoms with Crippen molar-refractivity contribution in [2.75, 3.05) is 13.2 Å². The van der Waals surface area contributed by atoms with Crippen LogP contribution in [0.4, 0.5) is 4.79 Å². The highest BCUT2D eigenvalue weighted by molar-refractivity contribution is 5.57. The largest absolute Gasteiger partial charge is 0.506 e. The summed E-state index contributed by atoms with van der Waals surface area (Å²) in [5.41, 5.74) is 0. The van der Waals surface area contributed by atoms with E-state index in [1.165, 1.54) is 0 Å². The molecular formula is C46H14O5. The van der Waals surface area contributed by atoms with Gasteiger partial charge in [-0.05, 0) is 108 Å². The lowest BCUT2D eigenvalue weighted by atomic mass is 9.97. The monoisotopic (exact) mass is 646 g/mol. The molecule has 0 radical (unpaired) electrons. The van der Waals surface area contributed by atoms with Gasteiger partial charge in [0.25, 0.3) is 0 Å². The average Bonchev–Trinajstić information content (AvgIpc) is 3.54. The SMILES string of the molecule is C#CC#CC#CC#CC#CC#CC#CC#CC#CC#CC#CC#CC#CC#CC#CC#CC#CC#CC#C.O=C(O)OC1COC2OCCCC12. The van der Waals surface area contributed by atoms with Crippen LogP contribution in [0.25, 0.3) is 0 Å². The second-order valence-electron chi connectivity index (χ2n) is 7.84. The smallest absolute Gasteiger partial charge is 0.450 e. The minimum Gasteiger partial charge on any atom is -0.450 e. The van der Waals surface area contributed by atoms with Crippen LogP contribution in [-0.4, -0.2) is 36.9 Å². The number of carbonyl (C=O) groups is 1. The van der Waals surface area contributed by atoms with Crippen molar-refractivity contribution >= 4 is 6.16 Å². The normalized spacial score (nSPS) is 12.6. The molecular weight excluding hydrogens is 633 g/mol. The Morgan fingerprint density at radius 1 is 0.471 bits per heavy atom. The number of fused-ring (bicyclic) bond motifs is 1. The summed E-state index contributed by atoms with van der Waals surface area (Å²) < 4.78 is 15.3. The summed E-state index contributed by atoms with van der Waals surface area (Å²) >= 11 is 0. The fourth-order valence-electron chi connectivity index (χ4n) is 2.95. The Balaban J connectivity index is 0.000000820. The van der Waals surface area contributed by atoms with E-state index in [9.17, 15) is 4.79 Å². The second kappa shape index (κ2) is 30.8. The molecule has 0 saturated carbocycles. The van der Waals surface area contributed by atoms with Crippen molar-refractivity contribution in [1.29, 1.82) is 0 Å². The number of carboxylic acid groups (broad SMARTS) is 1. The molecule has 5 heteroatoms. The van der Waals surface area contributed by atoms with E-state index in [0.717, 1.165) is 12.8 Å². The molecule has 2 fully saturated rings. The first-order valence-corrected chi connectivity index (χ1v) is 13.7. The highest BCUT2D eigenvalue weighted by atomic mass is 16.7. The molecule has 0 amide bonds. The standard InChI is InChI=1S/C38H2.C8H12O5/c1-3-5-7-9-11-13-15-17-19-21-23-25-27-29-31-33-35-37-38-36-34-32-30-28-26-24-22-20-18-16-14-12-10-8-6-4-2;9-8(10)13-6-4-12-7-5(6)2-1-3-11-7/h1-2H;5-7H,1-4H2,(H,9,10). The fourth-order valence-corrected chi connectivity index (χ4v) is 2.95. The van der Waals surface area contributed by atoms with Gasteiger partial charge in [0.05, 0.1) is 6.61 Å². The lowest BCUT2D eigenvalue weighted by molar-refractivity contribution is -0.152. The molecule has 0 aliphatic carbocycles. The number of hydrogen-bond acceptors (Lipinski definition) is 4. The summed E-state index contributed by atoms with van der Waals surface area (Å²) in [6.45, 7) is 1.02. The summed E-state index contributed by atoms with van der Waals surface area (Å²) in [5.74, 6) is 88.2. The maximum Gasteiger partial charge on any atom is 0.506 e. The van der Waals surface area contributed by atoms with Gasteiger partial charge < -0.3 is 19.3 Å². The van der Waals surface area contributed by atoms with E-state index < -0.39 is 6.16 Å². The Morgan fingerprint density at radius 3 is 1.00 bits per heavy atom. The number of rotatable bonds is 1. The summed E-state index contributed by atoms with van der Waals surface area (Å²) in [5, 5.41) is 8.45. The number of terminal acetylenes is 2. The third-order valence-corrected chi connectivity index (χ3v) is 4.67. The van der Waals surface area contributed by atoms with Crippen molar-refractivity contribution in [3.8, 4) is 226 Å². The van der Waals surface area contributed by atoms with E-state index in [0.29, 0.717) is 13.2 Å². The summed E-state index contributed by atoms with van der Waals surface area (Å²) in [4.78, 5) is 10.3. The average molecular weight is 647 g/mol. The van der Waals surface area contributed by atoms with Crippen LogP contribution < -0.4 is 0 Å². The zero-order valence-corrected chi connectivity index (χ0v) is 26.3. The molecule has 3 atom stereocenters. The first-order chi connectivity index (χ1) is 25.2. The van der Waals surface area contributed by atoms with Crippen LogP contribution in [0, 0.1) is 232 Å². The Kier molecular flexibility index (Phi) is 24.1. The van der Waals surface area contributed by atoms with Gasteiger partial charge in [-0.2, -0.15) is 0 Å². The molecule has 0 aromatic carbocycles. The van der Waals surface area contributed by atoms with Gasteiger partial charge in [0, 0.05) is 131 Å². The molecule has 2 aliphatic heterocycles. The van der Waals surface area contributed by atoms with Crippen molar-refractivity contribution in [1.82, 2.24) is 0 Å². The van der Waals surface area contributed by atoms with E-state index in [1.54, 1.807) is 0 Å². The van der Waals surface area contributed by atoms with Gasteiger partial charge >= 0.3 is 6.16 Å². The minimum atomic E-state index is -1.24. The van der Waals surface area contributed by atoms with Crippen LogP contribution in [0.15, 0.2) is 0 Å². The second-order valence-corrected chi connectivity index (χ2v) is 7.84.